The fourth-order valence-electron chi connectivity index (χ4n) is 1.92. The zero-order chi connectivity index (χ0) is 18.2. The first-order valence-electron chi connectivity index (χ1n) is 7.51. The lowest BCUT2D eigenvalue weighted by Gasteiger charge is -2.08. The van der Waals surface area contributed by atoms with Crippen LogP contribution >= 0.6 is 15.9 Å². The lowest BCUT2D eigenvalue weighted by atomic mass is 10.2. The Morgan fingerprint density at radius 3 is 2.68 bits per heavy atom. The Hall–Kier alpha value is -2.74. The highest BCUT2D eigenvalue weighted by Crippen LogP contribution is 2.22. The zero-order valence-electron chi connectivity index (χ0n) is 13.4. The molecule has 8 heteroatoms. The van der Waals surface area contributed by atoms with Crippen molar-refractivity contribution in [3.8, 4) is 5.75 Å². The van der Waals surface area contributed by atoms with Crippen LogP contribution in [-0.2, 0) is 0 Å². The molecular weight excluding hydrogens is 390 g/mol. The molecule has 2 rings (SSSR count). The van der Waals surface area contributed by atoms with E-state index in [1.807, 2.05) is 25.1 Å². The van der Waals surface area contributed by atoms with Gasteiger partial charge < -0.3 is 4.74 Å². The third kappa shape index (κ3) is 5.39. The second-order valence-electron chi connectivity index (χ2n) is 5.03. The maximum atomic E-state index is 12.0. The van der Waals surface area contributed by atoms with E-state index in [1.54, 1.807) is 0 Å². The van der Waals surface area contributed by atoms with Gasteiger partial charge in [-0.15, -0.1) is 0 Å². The second-order valence-corrected chi connectivity index (χ2v) is 5.95. The van der Waals surface area contributed by atoms with E-state index >= 15 is 0 Å². The molecule has 2 aromatic carbocycles. The van der Waals surface area contributed by atoms with Crippen LogP contribution in [0.1, 0.15) is 29.3 Å². The van der Waals surface area contributed by atoms with Crippen LogP contribution in [0.25, 0.3) is 0 Å². The standard InChI is InChI=1S/C17H16BrN3O4/c1-2-9-25-16-8-5-14(18)10-13(16)11-19-20-17(22)12-3-6-15(7-4-12)21(23)24/h3-8,10-11H,2,9H2,1H3,(H,20,22)/b19-11+. The van der Waals surface area contributed by atoms with E-state index in [1.165, 1.54) is 30.5 Å². The van der Waals surface area contributed by atoms with Crippen molar-refractivity contribution in [1.82, 2.24) is 5.43 Å². The number of ether oxygens (including phenoxy) is 1. The molecular formula is C17H16BrN3O4. The molecule has 0 radical (unpaired) electrons. The molecule has 0 heterocycles. The van der Waals surface area contributed by atoms with E-state index < -0.39 is 10.8 Å². The fraction of sp³-hybridized carbons (Fsp3) is 0.176. The molecule has 0 aliphatic rings. The van der Waals surface area contributed by atoms with Gasteiger partial charge in [0, 0.05) is 27.7 Å². The Labute approximate surface area is 153 Å². The normalized spacial score (nSPS) is 10.6. The number of nitrogens with one attached hydrogen (secondary N) is 1. The number of nitro groups is 1. The number of carbonyl (C=O) groups is 1. The van der Waals surface area contributed by atoms with E-state index in [-0.39, 0.29) is 11.3 Å². The van der Waals surface area contributed by atoms with Gasteiger partial charge in [0.15, 0.2) is 0 Å². The smallest absolute Gasteiger partial charge is 0.271 e. The van der Waals surface area contributed by atoms with Crippen molar-refractivity contribution < 1.29 is 14.5 Å². The fourth-order valence-corrected chi connectivity index (χ4v) is 2.30. The first-order chi connectivity index (χ1) is 12.0. The van der Waals surface area contributed by atoms with Gasteiger partial charge in [-0.25, -0.2) is 5.43 Å². The molecule has 25 heavy (non-hydrogen) atoms. The molecule has 0 aliphatic heterocycles. The number of halogens is 1. The van der Waals surface area contributed by atoms with Gasteiger partial charge in [-0.05, 0) is 36.8 Å². The van der Waals surface area contributed by atoms with Crippen molar-refractivity contribution in [2.75, 3.05) is 6.61 Å². The minimum atomic E-state index is -0.523. The lowest BCUT2D eigenvalue weighted by molar-refractivity contribution is -0.384. The molecule has 0 bridgehead atoms. The number of benzene rings is 2. The number of amides is 1. The van der Waals surface area contributed by atoms with Crippen molar-refractivity contribution in [2.45, 2.75) is 13.3 Å². The van der Waals surface area contributed by atoms with Crippen LogP contribution in [0.5, 0.6) is 5.75 Å². The number of nitrogens with zero attached hydrogens (tertiary/aromatic N) is 2. The predicted octanol–water partition coefficient (Wildman–Crippen LogP) is 3.91. The first kappa shape index (κ1) is 18.6. The van der Waals surface area contributed by atoms with Gasteiger partial charge >= 0.3 is 0 Å². The van der Waals surface area contributed by atoms with E-state index in [2.05, 4.69) is 26.5 Å². The number of carbonyl (C=O) groups excluding carboxylic acids is 1. The Morgan fingerprint density at radius 2 is 2.04 bits per heavy atom. The van der Waals surface area contributed by atoms with Gasteiger partial charge in [-0.2, -0.15) is 5.10 Å². The molecule has 0 aromatic heterocycles. The minimum Gasteiger partial charge on any atom is -0.493 e. The average Bonchev–Trinajstić information content (AvgIpc) is 2.61. The number of hydrogen-bond acceptors (Lipinski definition) is 5. The summed E-state index contributed by atoms with van der Waals surface area (Å²) in [4.78, 5) is 22.1. The van der Waals surface area contributed by atoms with Crippen LogP contribution in [0.15, 0.2) is 52.0 Å². The van der Waals surface area contributed by atoms with E-state index in [0.29, 0.717) is 17.9 Å². The van der Waals surface area contributed by atoms with E-state index in [4.69, 9.17) is 4.74 Å². The van der Waals surface area contributed by atoms with Crippen LogP contribution < -0.4 is 10.2 Å². The molecule has 2 aromatic rings. The molecule has 130 valence electrons. The van der Waals surface area contributed by atoms with E-state index in [9.17, 15) is 14.9 Å². The number of hydrazone groups is 1. The van der Waals surface area contributed by atoms with Crippen molar-refractivity contribution >= 4 is 33.7 Å². The van der Waals surface area contributed by atoms with Gasteiger partial charge in [0.1, 0.15) is 5.75 Å². The third-order valence-corrected chi connectivity index (χ3v) is 3.64. The van der Waals surface area contributed by atoms with Gasteiger partial charge in [-0.1, -0.05) is 22.9 Å². The van der Waals surface area contributed by atoms with Gasteiger partial charge in [0.05, 0.1) is 17.7 Å². The molecule has 0 spiro atoms. The first-order valence-corrected chi connectivity index (χ1v) is 8.30. The van der Waals surface area contributed by atoms with Crippen LogP contribution in [-0.4, -0.2) is 23.7 Å². The summed E-state index contributed by atoms with van der Waals surface area (Å²) in [5, 5.41) is 14.5. The molecule has 7 nitrogen and oxygen atoms in total. The van der Waals surface area contributed by atoms with Crippen LogP contribution in [0.3, 0.4) is 0 Å². The van der Waals surface area contributed by atoms with Crippen LogP contribution in [0, 0.1) is 10.1 Å². The summed E-state index contributed by atoms with van der Waals surface area (Å²) < 4.78 is 6.49. The summed E-state index contributed by atoms with van der Waals surface area (Å²) in [6.07, 6.45) is 2.36. The van der Waals surface area contributed by atoms with Crippen molar-refractivity contribution in [3.05, 3.63) is 68.2 Å². The topological polar surface area (TPSA) is 93.8 Å². The summed E-state index contributed by atoms with van der Waals surface area (Å²) in [6, 6.07) is 10.8. The summed E-state index contributed by atoms with van der Waals surface area (Å²) in [5.41, 5.74) is 3.30. The molecule has 0 aliphatic carbocycles. The molecule has 0 saturated heterocycles. The Morgan fingerprint density at radius 1 is 1.32 bits per heavy atom. The summed E-state index contributed by atoms with van der Waals surface area (Å²) in [6.45, 7) is 2.59. The quantitative estimate of drug-likeness (QED) is 0.429. The molecule has 1 amide bonds. The van der Waals surface area contributed by atoms with Gasteiger partial charge in [0.2, 0.25) is 0 Å². The van der Waals surface area contributed by atoms with Crippen molar-refractivity contribution in [2.24, 2.45) is 5.10 Å². The van der Waals surface area contributed by atoms with Crippen LogP contribution in [0.4, 0.5) is 5.69 Å². The molecule has 0 fully saturated rings. The largest absolute Gasteiger partial charge is 0.493 e. The lowest BCUT2D eigenvalue weighted by Crippen LogP contribution is -2.17. The Kier molecular flexibility index (Phi) is 6.64. The predicted molar refractivity (Wildman–Crippen MR) is 98.1 cm³/mol. The maximum absolute atomic E-state index is 12.0. The highest BCUT2D eigenvalue weighted by atomic mass is 79.9. The number of rotatable bonds is 7. The third-order valence-electron chi connectivity index (χ3n) is 3.14. The second kappa shape index (κ2) is 8.93. The Bertz CT molecular complexity index is 791. The van der Waals surface area contributed by atoms with Crippen LogP contribution in [0.2, 0.25) is 0 Å². The van der Waals surface area contributed by atoms with Gasteiger partial charge in [0.25, 0.3) is 11.6 Å². The van der Waals surface area contributed by atoms with Gasteiger partial charge in [-0.3, -0.25) is 14.9 Å². The zero-order valence-corrected chi connectivity index (χ0v) is 15.0. The maximum Gasteiger partial charge on any atom is 0.271 e. The SMILES string of the molecule is CCCOc1ccc(Br)cc1/C=N/NC(=O)c1ccc([N+](=O)[O-])cc1. The summed E-state index contributed by atoms with van der Waals surface area (Å²) >= 11 is 3.38. The number of non-ortho nitro benzene ring substituents is 1. The Balaban J connectivity index is 2.06. The summed E-state index contributed by atoms with van der Waals surface area (Å²) in [7, 11) is 0. The average molecular weight is 406 g/mol. The number of hydrogen-bond donors (Lipinski definition) is 1. The van der Waals surface area contributed by atoms with E-state index in [0.717, 1.165) is 10.9 Å². The summed E-state index contributed by atoms with van der Waals surface area (Å²) in [5.74, 6) is 0.204. The van der Waals surface area contributed by atoms with Crippen molar-refractivity contribution in [1.29, 1.82) is 0 Å². The monoisotopic (exact) mass is 405 g/mol. The highest BCUT2D eigenvalue weighted by Gasteiger charge is 2.09. The number of nitro benzene ring substituents is 1. The molecule has 0 unspecified atom stereocenters. The van der Waals surface area contributed by atoms with Crippen molar-refractivity contribution in [3.63, 3.8) is 0 Å². The molecule has 0 saturated carbocycles. The highest BCUT2D eigenvalue weighted by molar-refractivity contribution is 9.10. The molecule has 1 N–H and O–H groups in total. The molecule has 0 atom stereocenters. The minimum absolute atomic E-state index is 0.0769.